The lowest BCUT2D eigenvalue weighted by Gasteiger charge is -2.47. The molecule has 0 N–H and O–H groups in total. The van der Waals surface area contributed by atoms with Gasteiger partial charge in [0.05, 0.1) is 0 Å². The maximum absolute atomic E-state index is 13.0. The van der Waals surface area contributed by atoms with Crippen LogP contribution >= 0.6 is 0 Å². The average Bonchev–Trinajstić information content (AvgIpc) is 1.25. The maximum atomic E-state index is 13.0. The van der Waals surface area contributed by atoms with Crippen LogP contribution in [0.15, 0.2) is 158 Å². The van der Waals surface area contributed by atoms with Gasteiger partial charge in [-0.1, -0.05) is 191 Å². The molecule has 10 unspecified atom stereocenters. The van der Waals surface area contributed by atoms with Gasteiger partial charge in [0.1, 0.15) is 17.4 Å². The summed E-state index contributed by atoms with van der Waals surface area (Å²) in [5.74, 6) is 9.92. The number of ketones is 4. The van der Waals surface area contributed by atoms with Crippen molar-refractivity contribution in [2.45, 2.75) is 228 Å². The predicted octanol–water partition coefficient (Wildman–Crippen LogP) is 21.6. The van der Waals surface area contributed by atoms with E-state index in [-0.39, 0.29) is 55.9 Å². The van der Waals surface area contributed by atoms with Gasteiger partial charge in [0, 0.05) is 55.8 Å². The zero-order chi connectivity index (χ0) is 63.9. The molecule has 1 amide bonds. The number of fused-ring (bicyclic) bond motifs is 17. The van der Waals surface area contributed by atoms with E-state index >= 15 is 0 Å². The third kappa shape index (κ3) is 16.8. The van der Waals surface area contributed by atoms with Crippen molar-refractivity contribution in [3.63, 3.8) is 0 Å². The Balaban J connectivity index is 0.000000145. The number of nitrogens with zero attached hydrogens (tertiary/aromatic N) is 2. The summed E-state index contributed by atoms with van der Waals surface area (Å²) in [4.78, 5) is 67.1. The molecular formula is C90H114N2O7. The van der Waals surface area contributed by atoms with Crippen molar-refractivity contribution in [1.29, 1.82) is 0 Å². The van der Waals surface area contributed by atoms with Gasteiger partial charge in [-0.3, -0.25) is 28.9 Å². The number of hydrogen-bond acceptors (Lipinski definition) is 8. The number of pyridine rings is 1. The minimum Gasteiger partial charge on any atom is -0.454 e. The highest BCUT2D eigenvalue weighted by Gasteiger charge is 2.47. The molecule has 2 heterocycles. The number of allylic oxidation sites excluding steroid dienone is 4. The van der Waals surface area contributed by atoms with Gasteiger partial charge in [0.15, 0.2) is 23.1 Å². The summed E-state index contributed by atoms with van der Waals surface area (Å²) in [5, 5.41) is 0. The molecule has 9 nitrogen and oxygen atoms in total. The van der Waals surface area contributed by atoms with Crippen LogP contribution in [0, 0.1) is 47.3 Å². The van der Waals surface area contributed by atoms with Crippen LogP contribution in [-0.4, -0.2) is 46.9 Å². The Kier molecular flexibility index (Phi) is 26.7. The van der Waals surface area contributed by atoms with E-state index < -0.39 is 0 Å². The largest absolute Gasteiger partial charge is 0.454 e. The van der Waals surface area contributed by atoms with Crippen LogP contribution in [0.4, 0.5) is 5.82 Å². The Morgan fingerprint density at radius 3 is 1.76 bits per heavy atom. The average molecular weight is 1340 g/mol. The summed E-state index contributed by atoms with van der Waals surface area (Å²) in [5.41, 5.74) is 15.0. The van der Waals surface area contributed by atoms with Crippen molar-refractivity contribution in [2.24, 2.45) is 47.3 Å². The molecule has 5 aromatic carbocycles. The predicted molar refractivity (Wildman–Crippen MR) is 407 cm³/mol. The van der Waals surface area contributed by atoms with Gasteiger partial charge in [-0.15, -0.1) is 0 Å². The smallest absolute Gasteiger partial charge is 0.252 e. The molecule has 1 aromatic heterocycles. The van der Waals surface area contributed by atoms with Crippen LogP contribution in [0.5, 0.6) is 11.5 Å². The van der Waals surface area contributed by atoms with E-state index in [4.69, 9.17) is 9.47 Å². The second-order valence-corrected chi connectivity index (χ2v) is 29.1. The SMILES string of the molecule is C.C.C.C.C.O=C(/C=C/c1ccc2c(c1)OCO2)N(c1ccccn1)C1CCCCC1.O=C1C=C2c3ccccc3CCC2C2CCCCC12.O=C1C=C2c3ccccc3CCC2CC1.O=C1CC2c3ccccc3CCC2C2CCCCC12.O=C1CCC2CCc3ccccc3C2C1. The number of aryl methyl sites for hydroxylation is 4. The number of benzene rings is 5. The third-order valence-corrected chi connectivity index (χ3v) is 23.9. The lowest BCUT2D eigenvalue weighted by Crippen LogP contribution is -2.43. The Morgan fingerprint density at radius 2 is 1.03 bits per heavy atom. The highest BCUT2D eigenvalue weighted by molar-refractivity contribution is 6.04. The van der Waals surface area contributed by atoms with E-state index in [1.807, 2.05) is 59.5 Å². The number of Topliss-reactive ketones (excluding diaryl/α,β-unsaturated/α-hetero) is 2. The summed E-state index contributed by atoms with van der Waals surface area (Å²) in [6.45, 7) is 0.247. The van der Waals surface area contributed by atoms with E-state index in [1.165, 1.54) is 158 Å². The van der Waals surface area contributed by atoms with Crippen LogP contribution in [0.1, 0.15) is 247 Å². The van der Waals surface area contributed by atoms with Crippen molar-refractivity contribution in [3.05, 3.63) is 208 Å². The van der Waals surface area contributed by atoms with Crippen LogP contribution in [-0.2, 0) is 49.7 Å². The van der Waals surface area contributed by atoms with Crippen LogP contribution in [0.2, 0.25) is 0 Å². The zero-order valence-corrected chi connectivity index (χ0v) is 55.0. The maximum Gasteiger partial charge on any atom is 0.252 e. The summed E-state index contributed by atoms with van der Waals surface area (Å²) in [7, 11) is 0. The monoisotopic (exact) mass is 1330 g/mol. The first-order valence-electron chi connectivity index (χ1n) is 36.4. The number of amides is 1. The van der Waals surface area contributed by atoms with Crippen LogP contribution < -0.4 is 14.4 Å². The molecule has 99 heavy (non-hydrogen) atoms. The van der Waals surface area contributed by atoms with Crippen molar-refractivity contribution < 1.29 is 33.4 Å². The molecule has 12 aliphatic rings. The number of anilines is 1. The first kappa shape index (κ1) is 75.4. The Bertz CT molecular complexity index is 3830. The summed E-state index contributed by atoms with van der Waals surface area (Å²) in [6, 6.07) is 46.3. The molecule has 6 aromatic rings. The van der Waals surface area contributed by atoms with Gasteiger partial charge in [-0.2, -0.15) is 0 Å². The lowest BCUT2D eigenvalue weighted by molar-refractivity contribution is -0.131. The fraction of sp³-hybridized carbons (Fsp3) is 0.489. The third-order valence-electron chi connectivity index (χ3n) is 23.9. The lowest BCUT2D eigenvalue weighted by atomic mass is 9.56. The molecule has 18 rings (SSSR count). The van der Waals surface area contributed by atoms with Crippen molar-refractivity contribution >= 4 is 52.1 Å². The van der Waals surface area contributed by atoms with Gasteiger partial charge in [0.25, 0.3) is 5.91 Å². The Morgan fingerprint density at radius 1 is 0.455 bits per heavy atom. The highest BCUT2D eigenvalue weighted by Crippen LogP contribution is 2.54. The fourth-order valence-corrected chi connectivity index (χ4v) is 19.3. The normalized spacial score (nSPS) is 26.0. The van der Waals surface area contributed by atoms with Crippen LogP contribution in [0.25, 0.3) is 17.2 Å². The topological polar surface area (TPSA) is 120 Å². The van der Waals surface area contributed by atoms with Crippen molar-refractivity contribution in [2.75, 3.05) is 11.7 Å². The first-order valence-corrected chi connectivity index (χ1v) is 36.4. The number of hydrogen-bond donors (Lipinski definition) is 0. The summed E-state index contributed by atoms with van der Waals surface area (Å²) < 4.78 is 10.7. The number of ether oxygens (including phenoxy) is 2. The molecule has 0 radical (unpaired) electrons. The number of aromatic nitrogens is 1. The van der Waals surface area contributed by atoms with Crippen LogP contribution in [0.3, 0.4) is 0 Å². The van der Waals surface area contributed by atoms with E-state index in [9.17, 15) is 24.0 Å². The van der Waals surface area contributed by atoms with E-state index in [0.717, 1.165) is 99.6 Å². The summed E-state index contributed by atoms with van der Waals surface area (Å²) >= 11 is 0. The van der Waals surface area contributed by atoms with Crippen molar-refractivity contribution in [1.82, 2.24) is 4.98 Å². The fourth-order valence-electron chi connectivity index (χ4n) is 19.3. The number of carbonyl (C=O) groups is 5. The minimum absolute atomic E-state index is 0. The molecule has 0 bridgehead atoms. The van der Waals surface area contributed by atoms with Gasteiger partial charge in [-0.05, 0) is 254 Å². The highest BCUT2D eigenvalue weighted by atomic mass is 16.7. The molecule has 5 saturated carbocycles. The molecule has 0 saturated heterocycles. The molecule has 1 aliphatic heterocycles. The molecule has 11 aliphatic carbocycles. The Hall–Kier alpha value is -7.78. The zero-order valence-electron chi connectivity index (χ0n) is 55.0. The quantitative estimate of drug-likeness (QED) is 0.160. The van der Waals surface area contributed by atoms with Gasteiger partial charge >= 0.3 is 0 Å². The molecule has 526 valence electrons. The van der Waals surface area contributed by atoms with Gasteiger partial charge in [0.2, 0.25) is 6.79 Å². The standard InChI is InChI=1S/C21H22N2O3.C18H22O.C18H20O.C14H16O.C14H14O.5CH4/c24-21(12-10-16-9-11-18-19(14-16)26-15-25-18)23(17-6-2-1-3-7-17)20-8-4-5-13-22-20;2*19-18-11-17-13-6-2-1-5-12(13)9-10-15(17)14-7-3-4-8-16(14)18;2*15-12-8-7-11-6-5-10-3-1-2-4-13(10)14(11)9-12;;;;;/h4-5,8-14,17H,1-3,6-7,15H2;1-2,5-6,14-17H,3-4,7-11H2;1-2,5-6,11,14-16H,3-4,7-10H2;1-4,11,14H,5-9H2;1-4,9,11H,5-8H2;5*1H4/b12-10+;;;;;;;;;. The van der Waals surface area contributed by atoms with E-state index in [2.05, 4.69) is 102 Å². The number of carbonyl (C=O) groups excluding carboxylic acids is 5. The second kappa shape index (κ2) is 35.0. The second-order valence-electron chi connectivity index (χ2n) is 29.1. The molecule has 9 heteroatoms. The number of rotatable bonds is 4. The van der Waals surface area contributed by atoms with E-state index in [1.54, 1.807) is 12.3 Å². The first-order chi connectivity index (χ1) is 46.2. The van der Waals surface area contributed by atoms with Crippen molar-refractivity contribution in [3.8, 4) is 11.5 Å². The summed E-state index contributed by atoms with van der Waals surface area (Å²) in [6.07, 6.45) is 40.0. The molecule has 5 fully saturated rings. The van der Waals surface area contributed by atoms with Gasteiger partial charge in [-0.25, -0.2) is 4.98 Å². The van der Waals surface area contributed by atoms with Gasteiger partial charge < -0.3 is 9.47 Å². The molecule has 0 spiro atoms. The van der Waals surface area contributed by atoms with E-state index in [0.29, 0.717) is 76.2 Å². The Labute approximate surface area is 594 Å². The molecular weight excluding hydrogens is 1220 g/mol. The molecule has 10 atom stereocenters. The minimum atomic E-state index is -0.0340.